The van der Waals surface area contributed by atoms with Gasteiger partial charge in [0.1, 0.15) is 11.6 Å². The minimum absolute atomic E-state index is 0.200. The predicted molar refractivity (Wildman–Crippen MR) is 89.5 cm³/mol. The van der Waals surface area contributed by atoms with Crippen LogP contribution >= 0.6 is 0 Å². The van der Waals surface area contributed by atoms with Crippen LogP contribution in [-0.2, 0) is 10.4 Å². The van der Waals surface area contributed by atoms with Crippen LogP contribution in [0.5, 0.6) is 5.75 Å². The molecule has 144 valence electrons. The van der Waals surface area contributed by atoms with Crippen LogP contribution in [0.15, 0.2) is 29.3 Å². The molecule has 1 heterocycles. The fourth-order valence-electron chi connectivity index (χ4n) is 2.67. The third-order valence-electron chi connectivity index (χ3n) is 4.69. The highest BCUT2D eigenvalue weighted by Gasteiger charge is 2.44. The molecule has 9 heteroatoms. The van der Waals surface area contributed by atoms with Crippen molar-refractivity contribution in [2.75, 3.05) is 6.54 Å². The second-order valence-corrected chi connectivity index (χ2v) is 6.91. The van der Waals surface area contributed by atoms with Gasteiger partial charge in [-0.05, 0) is 18.9 Å². The molecule has 0 spiro atoms. The molecule has 0 fully saturated rings. The summed E-state index contributed by atoms with van der Waals surface area (Å²) in [4.78, 5) is 16.3. The van der Waals surface area contributed by atoms with Crippen molar-refractivity contribution in [3.8, 4) is 5.75 Å². The van der Waals surface area contributed by atoms with E-state index in [1.54, 1.807) is 0 Å². The van der Waals surface area contributed by atoms with Gasteiger partial charge in [-0.3, -0.25) is 9.79 Å². The lowest BCUT2D eigenvalue weighted by atomic mass is 9.87. The molecule has 0 aromatic heterocycles. The minimum atomic E-state index is -4.98. The Balaban J connectivity index is 2.36. The van der Waals surface area contributed by atoms with E-state index in [1.807, 2.05) is 20.8 Å². The van der Waals surface area contributed by atoms with E-state index >= 15 is 0 Å². The van der Waals surface area contributed by atoms with Gasteiger partial charge in [-0.2, -0.15) is 0 Å². The summed E-state index contributed by atoms with van der Waals surface area (Å²) in [7, 11) is 0. The fourth-order valence-corrected chi connectivity index (χ4v) is 2.67. The molecule has 2 unspecified atom stereocenters. The van der Waals surface area contributed by atoms with Crippen LogP contribution in [0.4, 0.5) is 13.2 Å². The largest absolute Gasteiger partial charge is 0.573 e. The van der Waals surface area contributed by atoms with Crippen LogP contribution in [0, 0.1) is 5.92 Å². The Morgan fingerprint density at radius 3 is 2.54 bits per heavy atom. The molecular formula is C17H22F3N3O3. The number of carbonyl (C=O) groups excluding carboxylic acids is 1. The summed E-state index contributed by atoms with van der Waals surface area (Å²) in [5, 5.41) is 14.0. The van der Waals surface area contributed by atoms with Gasteiger partial charge in [0.05, 0.1) is 12.1 Å². The summed E-state index contributed by atoms with van der Waals surface area (Å²) in [5.41, 5.74) is 2.18. The molecular weight excluding hydrogens is 351 g/mol. The molecule has 1 aromatic carbocycles. The number of nitrogens with one attached hydrogen (secondary N) is 1. The van der Waals surface area contributed by atoms with Gasteiger partial charge in [0, 0.05) is 12.0 Å². The van der Waals surface area contributed by atoms with E-state index < -0.39 is 23.6 Å². The molecule has 26 heavy (non-hydrogen) atoms. The molecule has 2 rings (SSSR count). The van der Waals surface area contributed by atoms with Gasteiger partial charge in [0.25, 0.3) is 5.91 Å². The Labute approximate surface area is 149 Å². The second-order valence-electron chi connectivity index (χ2n) is 6.91. The van der Waals surface area contributed by atoms with Crippen molar-refractivity contribution in [2.24, 2.45) is 16.6 Å². The van der Waals surface area contributed by atoms with Gasteiger partial charge in [0.2, 0.25) is 0 Å². The van der Waals surface area contributed by atoms with Crippen molar-refractivity contribution < 1.29 is 27.8 Å². The van der Waals surface area contributed by atoms with Crippen LogP contribution in [0.25, 0.3) is 0 Å². The molecule has 0 aliphatic carbocycles. The number of ether oxygens (including phenoxy) is 1. The molecule has 0 radical (unpaired) electrons. The van der Waals surface area contributed by atoms with Crippen LogP contribution in [-0.4, -0.2) is 35.3 Å². The molecule has 2 atom stereocenters. The number of alkyl halides is 3. The molecule has 1 aliphatic rings. The summed E-state index contributed by atoms with van der Waals surface area (Å²) < 4.78 is 41.9. The number of hydrogen-bond acceptors (Lipinski definition) is 5. The zero-order chi connectivity index (χ0) is 19.8. The van der Waals surface area contributed by atoms with Crippen LogP contribution in [0.3, 0.4) is 0 Å². The number of primary amides is 1. The monoisotopic (exact) mass is 373 g/mol. The lowest BCUT2D eigenvalue weighted by Crippen LogP contribution is -2.50. The Morgan fingerprint density at radius 2 is 2.04 bits per heavy atom. The van der Waals surface area contributed by atoms with E-state index in [0.717, 1.165) is 6.07 Å². The average Bonchev–Trinajstić information content (AvgIpc) is 2.88. The number of aliphatic hydroxyl groups is 1. The smallest absolute Gasteiger partial charge is 0.405 e. The molecule has 1 aliphatic heterocycles. The average molecular weight is 373 g/mol. The van der Waals surface area contributed by atoms with Crippen LogP contribution in [0.2, 0.25) is 0 Å². The van der Waals surface area contributed by atoms with Gasteiger partial charge in [-0.1, -0.05) is 32.0 Å². The number of halogens is 3. The number of nitrogens with two attached hydrogens (primary N) is 1. The first-order valence-electron chi connectivity index (χ1n) is 8.06. The third kappa shape index (κ3) is 4.09. The van der Waals surface area contributed by atoms with Crippen LogP contribution < -0.4 is 15.8 Å². The molecule has 0 saturated carbocycles. The maximum Gasteiger partial charge on any atom is 0.573 e. The first-order chi connectivity index (χ1) is 11.9. The van der Waals surface area contributed by atoms with Gasteiger partial charge in [-0.15, -0.1) is 13.2 Å². The summed E-state index contributed by atoms with van der Waals surface area (Å²) in [6, 6.07) is 4.86. The zero-order valence-corrected chi connectivity index (χ0v) is 14.7. The number of amidine groups is 1. The van der Waals surface area contributed by atoms with Crippen molar-refractivity contribution in [3.63, 3.8) is 0 Å². The normalized spacial score (nSPS) is 22.5. The summed E-state index contributed by atoms with van der Waals surface area (Å²) >= 11 is 0. The molecule has 1 amide bonds. The lowest BCUT2D eigenvalue weighted by Gasteiger charge is -2.31. The third-order valence-corrected chi connectivity index (χ3v) is 4.69. The molecule has 6 nitrogen and oxygen atoms in total. The maximum absolute atomic E-state index is 12.6. The number of benzene rings is 1. The first kappa shape index (κ1) is 20.0. The number of aliphatic imine (C=N–C) groups is 1. The zero-order valence-electron chi connectivity index (χ0n) is 14.7. The first-order valence-corrected chi connectivity index (χ1v) is 8.06. The number of rotatable bonds is 6. The SMILES string of the molecule is CC(C)C1(C)CN=C(CC(O)(C(N)=O)c2ccccc2OC(F)(F)F)N1. The Morgan fingerprint density at radius 1 is 1.42 bits per heavy atom. The summed E-state index contributed by atoms with van der Waals surface area (Å²) in [5.74, 6) is -1.39. The molecule has 0 bridgehead atoms. The Kier molecular flexibility index (Phi) is 5.23. The van der Waals surface area contributed by atoms with E-state index in [0.29, 0.717) is 12.4 Å². The summed E-state index contributed by atoms with van der Waals surface area (Å²) in [6.07, 6.45) is -5.36. The highest BCUT2D eigenvalue weighted by atomic mass is 19.4. The molecule has 0 saturated heterocycles. The number of carbonyl (C=O) groups is 1. The highest BCUT2D eigenvalue weighted by molar-refractivity contribution is 5.94. The fraction of sp³-hybridized carbons (Fsp3) is 0.529. The van der Waals surface area contributed by atoms with Crippen LogP contribution in [0.1, 0.15) is 32.8 Å². The lowest BCUT2D eigenvalue weighted by molar-refractivity contribution is -0.275. The number of hydrogen-bond donors (Lipinski definition) is 3. The minimum Gasteiger partial charge on any atom is -0.405 e. The maximum atomic E-state index is 12.6. The topological polar surface area (TPSA) is 96.9 Å². The van der Waals surface area contributed by atoms with E-state index in [9.17, 15) is 23.1 Å². The van der Waals surface area contributed by atoms with Crippen molar-refractivity contribution in [1.29, 1.82) is 0 Å². The van der Waals surface area contributed by atoms with E-state index in [4.69, 9.17) is 5.73 Å². The highest BCUT2D eigenvalue weighted by Crippen LogP contribution is 2.36. The van der Waals surface area contributed by atoms with Gasteiger partial charge < -0.3 is 20.9 Å². The Bertz CT molecular complexity index is 721. The summed E-state index contributed by atoms with van der Waals surface area (Å²) in [6.45, 7) is 6.31. The van der Waals surface area contributed by atoms with E-state index in [-0.39, 0.29) is 23.4 Å². The number of para-hydroxylation sites is 1. The van der Waals surface area contributed by atoms with Crippen molar-refractivity contribution in [2.45, 2.75) is 44.7 Å². The van der Waals surface area contributed by atoms with Gasteiger partial charge in [-0.25, -0.2) is 0 Å². The molecule has 4 N–H and O–H groups in total. The Hall–Kier alpha value is -2.29. The van der Waals surface area contributed by atoms with Crippen molar-refractivity contribution in [1.82, 2.24) is 5.32 Å². The molecule has 1 aromatic rings. The predicted octanol–water partition coefficient (Wildman–Crippen LogP) is 2.06. The van der Waals surface area contributed by atoms with E-state index in [1.165, 1.54) is 18.2 Å². The van der Waals surface area contributed by atoms with Gasteiger partial charge in [0.15, 0.2) is 5.60 Å². The van der Waals surface area contributed by atoms with Crippen molar-refractivity contribution >= 4 is 11.7 Å². The van der Waals surface area contributed by atoms with Gasteiger partial charge >= 0.3 is 6.36 Å². The second kappa shape index (κ2) is 6.79. The van der Waals surface area contributed by atoms with E-state index in [2.05, 4.69) is 15.0 Å². The quantitative estimate of drug-likeness (QED) is 0.711. The van der Waals surface area contributed by atoms with Crippen molar-refractivity contribution in [3.05, 3.63) is 29.8 Å². The standard InChI is InChI=1S/C17H22F3N3O3/c1-10(2)15(3)9-22-13(23-15)8-16(25,14(21)24)11-6-4-5-7-12(11)26-17(18,19)20/h4-7,10,25H,8-9H2,1-3H3,(H2,21,24)(H,22,23). The number of amides is 1. The number of nitrogens with zero attached hydrogens (tertiary/aromatic N) is 1.